The van der Waals surface area contributed by atoms with Crippen molar-refractivity contribution in [1.82, 2.24) is 5.32 Å². The third-order valence-corrected chi connectivity index (χ3v) is 3.40. The Morgan fingerprint density at radius 2 is 2.00 bits per heavy atom. The molecule has 0 spiro atoms. The number of thiocarbonyl (C=S) groups is 1. The van der Waals surface area contributed by atoms with Gasteiger partial charge in [-0.05, 0) is 24.6 Å². The standard InChI is InChI=1S/C16H15FN2OS/c1-10-4-2-3-5-13(10)16(20)19-9-12-7-6-11(15(18)21)8-14(12)17/h2-8H,9H2,1H3,(H2,18,21)(H,19,20). The third-order valence-electron chi connectivity index (χ3n) is 3.17. The van der Waals surface area contributed by atoms with E-state index in [1.807, 2.05) is 19.1 Å². The number of amides is 1. The summed E-state index contributed by atoms with van der Waals surface area (Å²) in [7, 11) is 0. The monoisotopic (exact) mass is 302 g/mol. The highest BCUT2D eigenvalue weighted by atomic mass is 32.1. The van der Waals surface area contributed by atoms with E-state index >= 15 is 0 Å². The van der Waals surface area contributed by atoms with Crippen LogP contribution < -0.4 is 11.1 Å². The lowest BCUT2D eigenvalue weighted by atomic mass is 10.1. The molecule has 0 aliphatic carbocycles. The van der Waals surface area contributed by atoms with E-state index in [4.69, 9.17) is 18.0 Å². The van der Waals surface area contributed by atoms with Crippen LogP contribution in [0.2, 0.25) is 0 Å². The van der Waals surface area contributed by atoms with Crippen LogP contribution in [0.15, 0.2) is 42.5 Å². The van der Waals surface area contributed by atoms with Crippen molar-refractivity contribution in [2.75, 3.05) is 0 Å². The minimum Gasteiger partial charge on any atom is -0.389 e. The first kappa shape index (κ1) is 15.1. The van der Waals surface area contributed by atoms with Crippen LogP contribution in [0.5, 0.6) is 0 Å². The average Bonchev–Trinajstić information content (AvgIpc) is 2.46. The number of nitrogens with two attached hydrogens (primary N) is 1. The number of hydrogen-bond donors (Lipinski definition) is 2. The first-order chi connectivity index (χ1) is 9.99. The van der Waals surface area contributed by atoms with E-state index in [0.29, 0.717) is 16.7 Å². The molecule has 2 rings (SSSR count). The fourth-order valence-electron chi connectivity index (χ4n) is 1.94. The Balaban J connectivity index is 2.08. The normalized spacial score (nSPS) is 10.2. The quantitative estimate of drug-likeness (QED) is 0.854. The van der Waals surface area contributed by atoms with Crippen molar-refractivity contribution < 1.29 is 9.18 Å². The van der Waals surface area contributed by atoms with Gasteiger partial charge in [-0.3, -0.25) is 4.79 Å². The molecule has 0 saturated carbocycles. The van der Waals surface area contributed by atoms with Gasteiger partial charge in [0.1, 0.15) is 10.8 Å². The van der Waals surface area contributed by atoms with Crippen LogP contribution >= 0.6 is 12.2 Å². The molecule has 0 saturated heterocycles. The van der Waals surface area contributed by atoms with Crippen molar-refractivity contribution in [3.63, 3.8) is 0 Å². The third kappa shape index (κ3) is 3.64. The van der Waals surface area contributed by atoms with Crippen molar-refractivity contribution in [3.8, 4) is 0 Å². The molecule has 108 valence electrons. The predicted octanol–water partition coefficient (Wildman–Crippen LogP) is 2.70. The second-order valence-electron chi connectivity index (χ2n) is 4.67. The predicted molar refractivity (Wildman–Crippen MR) is 84.6 cm³/mol. The van der Waals surface area contributed by atoms with E-state index in [0.717, 1.165) is 5.56 Å². The highest BCUT2D eigenvalue weighted by Gasteiger charge is 2.10. The first-order valence-corrected chi connectivity index (χ1v) is 6.82. The Labute approximate surface area is 128 Å². The molecule has 21 heavy (non-hydrogen) atoms. The van der Waals surface area contributed by atoms with Gasteiger partial charge in [-0.2, -0.15) is 0 Å². The summed E-state index contributed by atoms with van der Waals surface area (Å²) in [5.41, 5.74) is 7.75. The van der Waals surface area contributed by atoms with E-state index in [-0.39, 0.29) is 17.4 Å². The Hall–Kier alpha value is -2.27. The summed E-state index contributed by atoms with van der Waals surface area (Å²) in [5.74, 6) is -0.670. The summed E-state index contributed by atoms with van der Waals surface area (Å²) >= 11 is 4.79. The lowest BCUT2D eigenvalue weighted by molar-refractivity contribution is 0.0950. The molecule has 0 atom stereocenters. The van der Waals surface area contributed by atoms with Gasteiger partial charge in [0.05, 0.1) is 0 Å². The van der Waals surface area contributed by atoms with Crippen LogP contribution in [0.25, 0.3) is 0 Å². The lowest BCUT2D eigenvalue weighted by Crippen LogP contribution is -2.24. The second kappa shape index (κ2) is 6.45. The lowest BCUT2D eigenvalue weighted by Gasteiger charge is -2.09. The molecule has 2 aromatic carbocycles. The van der Waals surface area contributed by atoms with Gasteiger partial charge in [0.2, 0.25) is 0 Å². The number of nitrogens with one attached hydrogen (secondary N) is 1. The molecule has 0 heterocycles. The molecular weight excluding hydrogens is 287 g/mol. The minimum atomic E-state index is -0.439. The number of carbonyl (C=O) groups is 1. The van der Waals surface area contributed by atoms with Gasteiger partial charge in [-0.1, -0.05) is 42.5 Å². The zero-order valence-corrected chi connectivity index (χ0v) is 12.3. The van der Waals surface area contributed by atoms with Crippen molar-refractivity contribution in [2.24, 2.45) is 5.73 Å². The number of hydrogen-bond acceptors (Lipinski definition) is 2. The largest absolute Gasteiger partial charge is 0.389 e. The number of aryl methyl sites for hydroxylation is 1. The zero-order chi connectivity index (χ0) is 15.4. The summed E-state index contributed by atoms with van der Waals surface area (Å²) in [6.45, 7) is 1.96. The van der Waals surface area contributed by atoms with E-state index in [1.54, 1.807) is 24.3 Å². The molecule has 0 radical (unpaired) electrons. The van der Waals surface area contributed by atoms with E-state index in [9.17, 15) is 9.18 Å². The van der Waals surface area contributed by atoms with Gasteiger partial charge < -0.3 is 11.1 Å². The van der Waals surface area contributed by atoms with Crippen LogP contribution in [-0.4, -0.2) is 10.9 Å². The van der Waals surface area contributed by atoms with Crippen molar-refractivity contribution in [3.05, 3.63) is 70.5 Å². The average molecular weight is 302 g/mol. The van der Waals surface area contributed by atoms with Gasteiger partial charge in [-0.15, -0.1) is 0 Å². The van der Waals surface area contributed by atoms with E-state index in [1.165, 1.54) is 6.07 Å². The Bertz CT molecular complexity index is 700. The molecule has 3 N–H and O–H groups in total. The van der Waals surface area contributed by atoms with Crippen LogP contribution in [0.3, 0.4) is 0 Å². The molecule has 0 fully saturated rings. The van der Waals surface area contributed by atoms with Crippen LogP contribution in [0.1, 0.15) is 27.0 Å². The summed E-state index contributed by atoms with van der Waals surface area (Å²) in [6, 6.07) is 11.7. The number of benzene rings is 2. The maximum absolute atomic E-state index is 13.9. The van der Waals surface area contributed by atoms with E-state index in [2.05, 4.69) is 5.32 Å². The molecule has 2 aromatic rings. The van der Waals surface area contributed by atoms with Gasteiger partial charge >= 0.3 is 0 Å². The SMILES string of the molecule is Cc1ccccc1C(=O)NCc1ccc(C(N)=S)cc1F. The van der Waals surface area contributed by atoms with Crippen LogP contribution in [0, 0.1) is 12.7 Å². The minimum absolute atomic E-state index is 0.108. The van der Waals surface area contributed by atoms with Gasteiger partial charge in [-0.25, -0.2) is 4.39 Å². The summed E-state index contributed by atoms with van der Waals surface area (Å²) in [6.07, 6.45) is 0. The van der Waals surface area contributed by atoms with Gasteiger partial charge in [0, 0.05) is 23.2 Å². The van der Waals surface area contributed by atoms with Crippen molar-refractivity contribution in [2.45, 2.75) is 13.5 Å². The highest BCUT2D eigenvalue weighted by Crippen LogP contribution is 2.12. The van der Waals surface area contributed by atoms with Crippen molar-refractivity contribution in [1.29, 1.82) is 0 Å². The molecule has 3 nitrogen and oxygen atoms in total. The molecule has 0 aromatic heterocycles. The second-order valence-corrected chi connectivity index (χ2v) is 5.11. The van der Waals surface area contributed by atoms with Crippen LogP contribution in [-0.2, 0) is 6.54 Å². The molecule has 0 aliphatic heterocycles. The van der Waals surface area contributed by atoms with E-state index < -0.39 is 5.82 Å². The maximum atomic E-state index is 13.9. The zero-order valence-electron chi connectivity index (χ0n) is 11.5. The summed E-state index contributed by atoms with van der Waals surface area (Å²) < 4.78 is 13.9. The summed E-state index contributed by atoms with van der Waals surface area (Å²) in [4.78, 5) is 12.2. The van der Waals surface area contributed by atoms with Crippen molar-refractivity contribution >= 4 is 23.1 Å². The van der Waals surface area contributed by atoms with Crippen LogP contribution in [0.4, 0.5) is 4.39 Å². The molecule has 0 unspecified atom stereocenters. The Morgan fingerprint density at radius 1 is 1.29 bits per heavy atom. The number of carbonyl (C=O) groups excluding carboxylic acids is 1. The number of rotatable bonds is 4. The Kier molecular flexibility index (Phi) is 4.65. The molecule has 0 aliphatic rings. The fraction of sp³-hybridized carbons (Fsp3) is 0.125. The smallest absolute Gasteiger partial charge is 0.251 e. The molecule has 5 heteroatoms. The van der Waals surface area contributed by atoms with Gasteiger partial charge in [0.15, 0.2) is 0 Å². The molecule has 1 amide bonds. The summed E-state index contributed by atoms with van der Waals surface area (Å²) in [5, 5.41) is 2.70. The highest BCUT2D eigenvalue weighted by molar-refractivity contribution is 7.80. The number of halogens is 1. The molecule has 0 bridgehead atoms. The van der Waals surface area contributed by atoms with Gasteiger partial charge in [0.25, 0.3) is 5.91 Å². The molecular formula is C16H15FN2OS. The first-order valence-electron chi connectivity index (χ1n) is 6.41. The maximum Gasteiger partial charge on any atom is 0.251 e. The fourth-order valence-corrected chi connectivity index (χ4v) is 2.07. The topological polar surface area (TPSA) is 55.1 Å². The Morgan fingerprint density at radius 3 is 2.62 bits per heavy atom.